The quantitative estimate of drug-likeness (QED) is 0.407. The molecular formula is C27H32N6O4. The number of anilines is 2. The molecule has 0 unspecified atom stereocenters. The molecule has 2 aromatic heterocycles. The predicted octanol–water partition coefficient (Wildman–Crippen LogP) is 4.59. The van der Waals surface area contributed by atoms with Crippen LogP contribution in [-0.2, 0) is 11.8 Å². The summed E-state index contributed by atoms with van der Waals surface area (Å²) >= 11 is 0. The first-order valence-corrected chi connectivity index (χ1v) is 12.8. The van der Waals surface area contributed by atoms with E-state index in [4.69, 9.17) is 9.47 Å². The molecule has 0 saturated heterocycles. The van der Waals surface area contributed by atoms with Crippen LogP contribution in [0.25, 0.3) is 0 Å². The Kier molecular flexibility index (Phi) is 7.07. The summed E-state index contributed by atoms with van der Waals surface area (Å²) < 4.78 is 13.4. The summed E-state index contributed by atoms with van der Waals surface area (Å²) in [6, 6.07) is 6.68. The number of nitrogens with zero attached hydrogens (tertiary/aromatic N) is 5. The molecule has 10 nitrogen and oxygen atoms in total. The van der Waals surface area contributed by atoms with Crippen LogP contribution in [0, 0.1) is 11.8 Å². The van der Waals surface area contributed by atoms with E-state index in [1.165, 1.54) is 6.20 Å². The van der Waals surface area contributed by atoms with Gasteiger partial charge in [-0.15, -0.1) is 0 Å². The van der Waals surface area contributed by atoms with Crippen molar-refractivity contribution in [2.24, 2.45) is 18.9 Å². The van der Waals surface area contributed by atoms with Gasteiger partial charge < -0.3 is 14.8 Å². The van der Waals surface area contributed by atoms with E-state index in [-0.39, 0.29) is 23.8 Å². The van der Waals surface area contributed by atoms with Crippen molar-refractivity contribution >= 4 is 23.5 Å². The van der Waals surface area contributed by atoms with Crippen molar-refractivity contribution in [1.82, 2.24) is 19.7 Å². The van der Waals surface area contributed by atoms with Gasteiger partial charge in [0.2, 0.25) is 11.8 Å². The van der Waals surface area contributed by atoms with E-state index in [1.807, 2.05) is 13.8 Å². The third-order valence-electron chi connectivity index (χ3n) is 6.18. The predicted molar refractivity (Wildman–Crippen MR) is 138 cm³/mol. The fraction of sp³-hybridized carbons (Fsp3) is 0.444. The van der Waals surface area contributed by atoms with Gasteiger partial charge in [0.25, 0.3) is 5.91 Å². The molecule has 1 aromatic carbocycles. The lowest BCUT2D eigenvalue weighted by molar-refractivity contribution is -0.119. The van der Waals surface area contributed by atoms with Crippen LogP contribution in [0.2, 0.25) is 0 Å². The molecule has 0 aliphatic heterocycles. The molecule has 2 aliphatic carbocycles. The Morgan fingerprint density at radius 2 is 1.84 bits per heavy atom. The van der Waals surface area contributed by atoms with Gasteiger partial charge in [-0.25, -0.2) is 9.97 Å². The number of aromatic nitrogens is 4. The second-order valence-electron chi connectivity index (χ2n) is 10.1. The number of carbonyl (C=O) groups excluding carboxylic acids is 2. The third kappa shape index (κ3) is 6.84. The zero-order valence-corrected chi connectivity index (χ0v) is 21.4. The summed E-state index contributed by atoms with van der Waals surface area (Å²) in [7, 11) is 1.78. The van der Waals surface area contributed by atoms with Crippen molar-refractivity contribution in [3.8, 4) is 17.4 Å². The normalized spacial score (nSPS) is 14.9. The molecular weight excluding hydrogens is 472 g/mol. The molecule has 1 N–H and O–H groups in total. The maximum absolute atomic E-state index is 12.9. The number of hydrogen-bond acceptors (Lipinski definition) is 7. The lowest BCUT2D eigenvalue weighted by Gasteiger charge is -2.21. The second kappa shape index (κ2) is 10.6. The van der Waals surface area contributed by atoms with Crippen LogP contribution in [0.1, 0.15) is 56.3 Å². The van der Waals surface area contributed by atoms with Crippen LogP contribution in [0.3, 0.4) is 0 Å². The van der Waals surface area contributed by atoms with E-state index in [9.17, 15) is 9.59 Å². The van der Waals surface area contributed by atoms with Gasteiger partial charge >= 0.3 is 0 Å². The molecule has 37 heavy (non-hydrogen) atoms. The van der Waals surface area contributed by atoms with Crippen molar-refractivity contribution in [2.45, 2.75) is 52.1 Å². The van der Waals surface area contributed by atoms with Crippen molar-refractivity contribution in [1.29, 1.82) is 0 Å². The van der Waals surface area contributed by atoms with E-state index in [1.54, 1.807) is 53.3 Å². The van der Waals surface area contributed by atoms with Gasteiger partial charge in [-0.3, -0.25) is 19.2 Å². The lowest BCUT2D eigenvalue weighted by atomic mass is 10.2. The number of nitrogens with one attached hydrogen (secondary N) is 1. The second-order valence-corrected chi connectivity index (χ2v) is 10.1. The molecule has 2 aliphatic rings. The minimum Gasteiger partial charge on any atom is -0.491 e. The standard InChI is InChI=1S/C27H32N6O4/c1-17(2)36-21-11-20(27(35)30-23-8-9-32(3)31-23)12-22(13-21)37-25-15-28-24(14-29-25)33(16-19-6-7-19)26(34)10-18-4-5-18/h8-9,11-15,17-19H,4-7,10,16H2,1-3H3,(H,30,31,35). The van der Waals surface area contributed by atoms with Gasteiger partial charge in [-0.2, -0.15) is 5.10 Å². The van der Waals surface area contributed by atoms with Crippen LogP contribution in [0.4, 0.5) is 11.6 Å². The highest BCUT2D eigenvalue weighted by atomic mass is 16.5. The molecule has 3 aromatic rings. The Morgan fingerprint density at radius 3 is 2.46 bits per heavy atom. The van der Waals surface area contributed by atoms with E-state index < -0.39 is 0 Å². The number of carbonyl (C=O) groups is 2. The molecule has 0 radical (unpaired) electrons. The zero-order valence-electron chi connectivity index (χ0n) is 21.4. The van der Waals surface area contributed by atoms with E-state index in [2.05, 4.69) is 20.4 Å². The molecule has 2 amide bonds. The monoisotopic (exact) mass is 504 g/mol. The first kappa shape index (κ1) is 24.7. The molecule has 10 heteroatoms. The van der Waals surface area contributed by atoms with Crippen molar-refractivity contribution in [3.05, 3.63) is 48.4 Å². The first-order chi connectivity index (χ1) is 17.8. The van der Waals surface area contributed by atoms with Gasteiger partial charge in [0, 0.05) is 43.9 Å². The minimum atomic E-state index is -0.343. The summed E-state index contributed by atoms with van der Waals surface area (Å²) in [5.74, 6) is 2.92. The highest BCUT2D eigenvalue weighted by Crippen LogP contribution is 2.36. The van der Waals surface area contributed by atoms with Crippen molar-refractivity contribution in [3.63, 3.8) is 0 Å². The highest BCUT2D eigenvalue weighted by molar-refractivity contribution is 6.04. The van der Waals surface area contributed by atoms with E-state index in [0.29, 0.717) is 53.5 Å². The van der Waals surface area contributed by atoms with Crippen LogP contribution in [0.5, 0.6) is 17.4 Å². The van der Waals surface area contributed by atoms with Crippen molar-refractivity contribution < 1.29 is 19.1 Å². The number of benzene rings is 1. The van der Waals surface area contributed by atoms with Crippen LogP contribution >= 0.6 is 0 Å². The third-order valence-corrected chi connectivity index (χ3v) is 6.18. The number of rotatable bonds is 11. The summed E-state index contributed by atoms with van der Waals surface area (Å²) in [6.07, 6.45) is 9.85. The molecule has 5 rings (SSSR count). The molecule has 194 valence electrons. The Morgan fingerprint density at radius 1 is 1.08 bits per heavy atom. The molecule has 2 fully saturated rings. The fourth-order valence-corrected chi connectivity index (χ4v) is 3.96. The van der Waals surface area contributed by atoms with Gasteiger partial charge in [-0.05, 0) is 63.5 Å². The smallest absolute Gasteiger partial charge is 0.257 e. The maximum Gasteiger partial charge on any atom is 0.257 e. The van der Waals surface area contributed by atoms with E-state index >= 15 is 0 Å². The summed E-state index contributed by atoms with van der Waals surface area (Å²) in [6.45, 7) is 4.50. The summed E-state index contributed by atoms with van der Waals surface area (Å²) in [5.41, 5.74) is 0.352. The Labute approximate surface area is 216 Å². The highest BCUT2D eigenvalue weighted by Gasteiger charge is 2.32. The van der Waals surface area contributed by atoms with Crippen LogP contribution in [-0.4, -0.2) is 44.2 Å². The molecule has 2 saturated carbocycles. The number of hydrogen-bond donors (Lipinski definition) is 1. The molecule has 0 bridgehead atoms. The number of ether oxygens (including phenoxy) is 2. The Bertz CT molecular complexity index is 1260. The fourth-order valence-electron chi connectivity index (χ4n) is 3.96. The lowest BCUT2D eigenvalue weighted by Crippen LogP contribution is -2.33. The summed E-state index contributed by atoms with van der Waals surface area (Å²) in [4.78, 5) is 36.4. The number of amides is 2. The topological polar surface area (TPSA) is 111 Å². The number of aryl methyl sites for hydroxylation is 1. The Balaban J connectivity index is 1.32. The Hall–Kier alpha value is -3.95. The van der Waals surface area contributed by atoms with Gasteiger partial charge in [0.1, 0.15) is 11.5 Å². The van der Waals surface area contributed by atoms with Gasteiger partial charge in [-0.1, -0.05) is 0 Å². The van der Waals surface area contributed by atoms with Crippen LogP contribution < -0.4 is 19.7 Å². The SMILES string of the molecule is CC(C)Oc1cc(Oc2cnc(N(CC3CC3)C(=O)CC3CC3)cn2)cc(C(=O)Nc2ccn(C)n2)c1. The molecule has 0 spiro atoms. The largest absolute Gasteiger partial charge is 0.491 e. The average molecular weight is 505 g/mol. The summed E-state index contributed by atoms with van der Waals surface area (Å²) in [5, 5.41) is 6.96. The first-order valence-electron chi connectivity index (χ1n) is 12.8. The molecule has 2 heterocycles. The minimum absolute atomic E-state index is 0.0911. The molecule has 0 atom stereocenters. The van der Waals surface area contributed by atoms with Crippen LogP contribution in [0.15, 0.2) is 42.9 Å². The zero-order chi connectivity index (χ0) is 25.9. The van der Waals surface area contributed by atoms with Gasteiger partial charge in [0.05, 0.1) is 18.5 Å². The maximum atomic E-state index is 12.9. The van der Waals surface area contributed by atoms with Crippen molar-refractivity contribution in [2.75, 3.05) is 16.8 Å². The average Bonchev–Trinajstić information content (AvgIpc) is 3.78. The van der Waals surface area contributed by atoms with Gasteiger partial charge in [0.15, 0.2) is 11.6 Å². The van der Waals surface area contributed by atoms with E-state index in [0.717, 1.165) is 25.7 Å².